The van der Waals surface area contributed by atoms with Crippen LogP contribution >= 0.6 is 0 Å². The van der Waals surface area contributed by atoms with Gasteiger partial charge in [-0.3, -0.25) is 0 Å². The zero-order valence-corrected chi connectivity index (χ0v) is 6.17. The lowest BCUT2D eigenvalue weighted by atomic mass is 10.1. The SMILES string of the molecule is Cc1cccc(CO)c1.N. The third-order valence-corrected chi connectivity index (χ3v) is 1.27. The molecular weight excluding hydrogens is 126 g/mol. The monoisotopic (exact) mass is 139 g/mol. The number of rotatable bonds is 1. The first kappa shape index (κ1) is 9.14. The van der Waals surface area contributed by atoms with Crippen molar-refractivity contribution in [3.63, 3.8) is 0 Å². The molecule has 0 spiro atoms. The molecule has 0 saturated carbocycles. The summed E-state index contributed by atoms with van der Waals surface area (Å²) >= 11 is 0. The summed E-state index contributed by atoms with van der Waals surface area (Å²) in [6, 6.07) is 7.84. The molecule has 1 aromatic rings. The third kappa shape index (κ3) is 2.17. The van der Waals surface area contributed by atoms with Gasteiger partial charge in [0.05, 0.1) is 6.61 Å². The van der Waals surface area contributed by atoms with Gasteiger partial charge in [-0.1, -0.05) is 29.8 Å². The zero-order chi connectivity index (χ0) is 6.69. The Balaban J connectivity index is 0.000000810. The smallest absolute Gasteiger partial charge is 0.0681 e. The van der Waals surface area contributed by atoms with Crippen molar-refractivity contribution in [1.82, 2.24) is 6.15 Å². The first-order valence-corrected chi connectivity index (χ1v) is 2.99. The van der Waals surface area contributed by atoms with Crippen molar-refractivity contribution in [2.24, 2.45) is 0 Å². The lowest BCUT2D eigenvalue weighted by Crippen LogP contribution is -1.81. The molecule has 0 aromatic heterocycles. The molecule has 0 radical (unpaired) electrons. The normalized spacial score (nSPS) is 8.60. The summed E-state index contributed by atoms with van der Waals surface area (Å²) in [5, 5.41) is 8.66. The van der Waals surface area contributed by atoms with Gasteiger partial charge in [-0.15, -0.1) is 0 Å². The van der Waals surface area contributed by atoms with Gasteiger partial charge in [-0.2, -0.15) is 0 Å². The number of hydrogen-bond donors (Lipinski definition) is 2. The van der Waals surface area contributed by atoms with Crippen LogP contribution in [0.5, 0.6) is 0 Å². The second kappa shape index (κ2) is 4.04. The highest BCUT2D eigenvalue weighted by molar-refractivity contribution is 5.21. The van der Waals surface area contributed by atoms with E-state index in [9.17, 15) is 0 Å². The predicted molar refractivity (Wildman–Crippen MR) is 42.1 cm³/mol. The first-order chi connectivity index (χ1) is 4.33. The van der Waals surface area contributed by atoms with Crippen molar-refractivity contribution in [2.75, 3.05) is 0 Å². The molecule has 0 amide bonds. The van der Waals surface area contributed by atoms with Crippen LogP contribution in [0.25, 0.3) is 0 Å². The van der Waals surface area contributed by atoms with Crippen molar-refractivity contribution >= 4 is 0 Å². The minimum Gasteiger partial charge on any atom is -0.392 e. The topological polar surface area (TPSA) is 55.2 Å². The Morgan fingerprint density at radius 3 is 2.50 bits per heavy atom. The van der Waals surface area contributed by atoms with Crippen LogP contribution in [0.2, 0.25) is 0 Å². The summed E-state index contributed by atoms with van der Waals surface area (Å²) in [5.41, 5.74) is 2.18. The average molecular weight is 139 g/mol. The molecule has 56 valence electrons. The molecule has 0 aliphatic heterocycles. The number of hydrogen-bond acceptors (Lipinski definition) is 2. The summed E-state index contributed by atoms with van der Waals surface area (Å²) in [4.78, 5) is 0. The Morgan fingerprint density at radius 1 is 1.40 bits per heavy atom. The van der Waals surface area contributed by atoms with Crippen LogP contribution in [0.4, 0.5) is 0 Å². The van der Waals surface area contributed by atoms with Gasteiger partial charge in [0, 0.05) is 0 Å². The largest absolute Gasteiger partial charge is 0.392 e. The Morgan fingerprint density at radius 2 is 2.10 bits per heavy atom. The molecule has 0 unspecified atom stereocenters. The molecule has 0 bridgehead atoms. The Bertz CT molecular complexity index is 198. The fourth-order valence-electron chi connectivity index (χ4n) is 0.810. The molecule has 1 aromatic carbocycles. The summed E-state index contributed by atoms with van der Waals surface area (Å²) in [6.45, 7) is 2.15. The van der Waals surface area contributed by atoms with Crippen molar-refractivity contribution in [3.8, 4) is 0 Å². The highest BCUT2D eigenvalue weighted by Gasteiger charge is 1.86. The van der Waals surface area contributed by atoms with E-state index in [-0.39, 0.29) is 12.8 Å². The van der Waals surface area contributed by atoms with E-state index in [2.05, 4.69) is 0 Å². The van der Waals surface area contributed by atoms with Crippen LogP contribution in [0.3, 0.4) is 0 Å². The molecule has 0 aliphatic rings. The minimum absolute atomic E-state index is 0. The van der Waals surface area contributed by atoms with Crippen molar-refractivity contribution in [2.45, 2.75) is 13.5 Å². The maximum Gasteiger partial charge on any atom is 0.0681 e. The highest BCUT2D eigenvalue weighted by atomic mass is 16.3. The second-order valence-corrected chi connectivity index (χ2v) is 2.15. The van der Waals surface area contributed by atoms with E-state index in [1.54, 1.807) is 0 Å². The number of aliphatic hydroxyl groups is 1. The van der Waals surface area contributed by atoms with Gasteiger partial charge >= 0.3 is 0 Å². The maximum atomic E-state index is 8.66. The average Bonchev–Trinajstić information content (AvgIpc) is 1.88. The molecule has 2 nitrogen and oxygen atoms in total. The molecule has 0 aliphatic carbocycles. The number of aryl methyl sites for hydroxylation is 1. The number of aliphatic hydroxyl groups excluding tert-OH is 1. The summed E-state index contributed by atoms with van der Waals surface area (Å²) in [6.07, 6.45) is 0. The van der Waals surface area contributed by atoms with Crippen LogP contribution in [0, 0.1) is 6.92 Å². The van der Waals surface area contributed by atoms with Crippen LogP contribution < -0.4 is 6.15 Å². The standard InChI is InChI=1S/C8H10O.H3N/c1-7-3-2-4-8(5-7)6-9;/h2-5,9H,6H2,1H3;1H3. The Labute approximate surface area is 61.1 Å². The third-order valence-electron chi connectivity index (χ3n) is 1.27. The van der Waals surface area contributed by atoms with E-state index in [1.165, 1.54) is 5.56 Å². The fourth-order valence-corrected chi connectivity index (χ4v) is 0.810. The lowest BCUT2D eigenvalue weighted by molar-refractivity contribution is 0.282. The summed E-state index contributed by atoms with van der Waals surface area (Å²) < 4.78 is 0. The van der Waals surface area contributed by atoms with E-state index in [0.717, 1.165) is 5.56 Å². The Hall–Kier alpha value is -0.860. The maximum absolute atomic E-state index is 8.66. The van der Waals surface area contributed by atoms with E-state index in [0.29, 0.717) is 0 Å². The van der Waals surface area contributed by atoms with E-state index in [4.69, 9.17) is 5.11 Å². The molecule has 0 fully saturated rings. The predicted octanol–water partition coefficient (Wildman–Crippen LogP) is 1.65. The molecular formula is C8H13NO. The molecule has 2 heteroatoms. The van der Waals surface area contributed by atoms with Gasteiger partial charge in [-0.05, 0) is 12.5 Å². The van der Waals surface area contributed by atoms with Gasteiger partial charge in [0.25, 0.3) is 0 Å². The van der Waals surface area contributed by atoms with Gasteiger partial charge in [0.15, 0.2) is 0 Å². The lowest BCUT2D eigenvalue weighted by Gasteiger charge is -1.94. The molecule has 4 N–H and O–H groups in total. The van der Waals surface area contributed by atoms with Crippen molar-refractivity contribution in [1.29, 1.82) is 0 Å². The zero-order valence-electron chi connectivity index (χ0n) is 6.17. The molecule has 0 heterocycles. The van der Waals surface area contributed by atoms with Gasteiger partial charge in [0.1, 0.15) is 0 Å². The summed E-state index contributed by atoms with van der Waals surface area (Å²) in [7, 11) is 0. The van der Waals surface area contributed by atoms with Gasteiger partial charge < -0.3 is 11.3 Å². The van der Waals surface area contributed by atoms with Gasteiger partial charge in [0.2, 0.25) is 0 Å². The van der Waals surface area contributed by atoms with E-state index in [1.807, 2.05) is 31.2 Å². The van der Waals surface area contributed by atoms with Crippen LogP contribution in [-0.2, 0) is 6.61 Å². The summed E-state index contributed by atoms with van der Waals surface area (Å²) in [5.74, 6) is 0. The van der Waals surface area contributed by atoms with Gasteiger partial charge in [-0.25, -0.2) is 0 Å². The molecule has 1 rings (SSSR count). The quantitative estimate of drug-likeness (QED) is 0.621. The first-order valence-electron chi connectivity index (χ1n) is 2.99. The molecule has 10 heavy (non-hydrogen) atoms. The van der Waals surface area contributed by atoms with Crippen LogP contribution in [-0.4, -0.2) is 5.11 Å². The van der Waals surface area contributed by atoms with Crippen molar-refractivity contribution < 1.29 is 5.11 Å². The minimum atomic E-state index is 0. The van der Waals surface area contributed by atoms with E-state index < -0.39 is 0 Å². The highest BCUT2D eigenvalue weighted by Crippen LogP contribution is 2.02. The fraction of sp³-hybridized carbons (Fsp3) is 0.250. The molecule has 0 saturated heterocycles. The number of benzene rings is 1. The Kier molecular flexibility index (Phi) is 3.69. The van der Waals surface area contributed by atoms with E-state index >= 15 is 0 Å². The van der Waals surface area contributed by atoms with Crippen LogP contribution in [0.1, 0.15) is 11.1 Å². The molecule has 0 atom stereocenters. The van der Waals surface area contributed by atoms with Crippen LogP contribution in [0.15, 0.2) is 24.3 Å². The van der Waals surface area contributed by atoms with Crippen molar-refractivity contribution in [3.05, 3.63) is 35.4 Å². The second-order valence-electron chi connectivity index (χ2n) is 2.15.